The molecule has 1 aliphatic heterocycles. The SMILES string of the molecule is CC1(C)C2CCC13C[Se](OS(=O)(=O)C(F)(F)F)(c1ccccc1)OC3C2. The molecule has 2 bridgehead atoms. The summed E-state index contributed by atoms with van der Waals surface area (Å²) in [7, 11) is -5.73. The Hall–Kier alpha value is -0.601. The Labute approximate surface area is 154 Å². The van der Waals surface area contributed by atoms with E-state index in [9.17, 15) is 21.6 Å². The van der Waals surface area contributed by atoms with Crippen molar-refractivity contribution in [2.45, 2.75) is 50.0 Å². The molecule has 1 aromatic rings. The van der Waals surface area contributed by atoms with Gasteiger partial charge in [0.15, 0.2) is 0 Å². The zero-order valence-electron chi connectivity index (χ0n) is 14.5. The maximum absolute atomic E-state index is 13.1. The van der Waals surface area contributed by atoms with Crippen molar-refractivity contribution in [1.29, 1.82) is 0 Å². The van der Waals surface area contributed by atoms with Crippen LogP contribution in [0.15, 0.2) is 30.3 Å². The number of hydrogen-bond donors (Lipinski definition) is 0. The molecule has 4 unspecified atom stereocenters. The van der Waals surface area contributed by atoms with Crippen LogP contribution >= 0.6 is 0 Å². The summed E-state index contributed by atoms with van der Waals surface area (Å²) in [5.74, 6) is 0.456. The predicted molar refractivity (Wildman–Crippen MR) is 91.1 cm³/mol. The quantitative estimate of drug-likeness (QED) is 0.516. The molecule has 0 amide bonds. The van der Waals surface area contributed by atoms with Gasteiger partial charge < -0.3 is 0 Å². The van der Waals surface area contributed by atoms with E-state index < -0.39 is 29.1 Å². The molecule has 4 rings (SSSR count). The van der Waals surface area contributed by atoms with Gasteiger partial charge in [0.25, 0.3) is 0 Å². The van der Waals surface area contributed by atoms with E-state index in [1.165, 1.54) is 0 Å². The van der Waals surface area contributed by atoms with Crippen molar-refractivity contribution in [2.75, 3.05) is 0 Å². The van der Waals surface area contributed by atoms with Crippen LogP contribution in [0.1, 0.15) is 33.1 Å². The first-order valence-electron chi connectivity index (χ1n) is 8.50. The Morgan fingerprint density at radius 3 is 2.42 bits per heavy atom. The molecule has 3 fully saturated rings. The average molecular weight is 457 g/mol. The van der Waals surface area contributed by atoms with Crippen LogP contribution in [0.3, 0.4) is 0 Å². The molecular formula is C17H21F3O4SSe. The van der Waals surface area contributed by atoms with Crippen LogP contribution < -0.4 is 4.46 Å². The number of benzene rings is 1. The van der Waals surface area contributed by atoms with Crippen LogP contribution in [0.5, 0.6) is 0 Å². The second-order valence-corrected chi connectivity index (χ2v) is 14.9. The molecular weight excluding hydrogens is 436 g/mol. The monoisotopic (exact) mass is 458 g/mol. The molecule has 1 heterocycles. The van der Waals surface area contributed by atoms with E-state index in [1.54, 1.807) is 30.3 Å². The molecule has 0 radical (unpaired) electrons. The molecule has 4 atom stereocenters. The average Bonchev–Trinajstić information content (AvgIpc) is 3.07. The van der Waals surface area contributed by atoms with Crippen LogP contribution in [0, 0.1) is 16.7 Å². The molecule has 1 spiro atoms. The summed E-state index contributed by atoms with van der Waals surface area (Å²) in [6.45, 7) is 4.26. The zero-order chi connectivity index (χ0) is 19.0. The van der Waals surface area contributed by atoms with Gasteiger partial charge in [-0.05, 0) is 0 Å². The third-order valence-electron chi connectivity index (χ3n) is 6.66. The molecule has 2 aliphatic carbocycles. The summed E-state index contributed by atoms with van der Waals surface area (Å²) in [5.41, 5.74) is -5.87. The normalized spacial score (nSPS) is 41.0. The van der Waals surface area contributed by atoms with Gasteiger partial charge in [-0.3, -0.25) is 0 Å². The van der Waals surface area contributed by atoms with Gasteiger partial charge >= 0.3 is 154 Å². The fourth-order valence-electron chi connectivity index (χ4n) is 5.07. The second kappa shape index (κ2) is 5.47. The molecule has 1 aromatic carbocycles. The van der Waals surface area contributed by atoms with Crippen molar-refractivity contribution in [3.63, 3.8) is 0 Å². The van der Waals surface area contributed by atoms with E-state index in [1.807, 2.05) is 0 Å². The van der Waals surface area contributed by atoms with Crippen molar-refractivity contribution in [1.82, 2.24) is 0 Å². The first-order valence-corrected chi connectivity index (χ1v) is 13.4. The molecule has 146 valence electrons. The Morgan fingerprint density at radius 2 is 1.88 bits per heavy atom. The minimum atomic E-state index is -5.73. The van der Waals surface area contributed by atoms with Crippen LogP contribution in [0.25, 0.3) is 0 Å². The minimum absolute atomic E-state index is 0.100. The van der Waals surface area contributed by atoms with E-state index in [-0.39, 0.29) is 22.3 Å². The number of hydrogen-bond acceptors (Lipinski definition) is 4. The molecule has 3 aliphatic rings. The number of rotatable bonds is 3. The third kappa shape index (κ3) is 2.37. The molecule has 9 heteroatoms. The topological polar surface area (TPSA) is 52.6 Å². The molecule has 4 nitrogen and oxygen atoms in total. The van der Waals surface area contributed by atoms with Gasteiger partial charge in [0.05, 0.1) is 0 Å². The van der Waals surface area contributed by atoms with E-state index in [0.717, 1.165) is 19.3 Å². The first-order chi connectivity index (χ1) is 11.9. The maximum atomic E-state index is 13.1. The van der Waals surface area contributed by atoms with Gasteiger partial charge in [-0.25, -0.2) is 0 Å². The summed E-state index contributed by atoms with van der Waals surface area (Å²) < 4.78 is 74.6. The Bertz CT molecular complexity index is 826. The fraction of sp³-hybridized carbons (Fsp3) is 0.647. The van der Waals surface area contributed by atoms with Gasteiger partial charge in [0.2, 0.25) is 0 Å². The Kier molecular flexibility index (Phi) is 3.95. The molecule has 0 N–H and O–H groups in total. The Balaban J connectivity index is 1.81. The number of halogens is 3. The van der Waals surface area contributed by atoms with Gasteiger partial charge in [-0.2, -0.15) is 0 Å². The molecule has 26 heavy (non-hydrogen) atoms. The van der Waals surface area contributed by atoms with Gasteiger partial charge in [-0.1, -0.05) is 0 Å². The summed E-state index contributed by atoms with van der Waals surface area (Å²) in [4.78, 5) is 0. The van der Waals surface area contributed by atoms with E-state index in [4.69, 9.17) is 7.08 Å². The van der Waals surface area contributed by atoms with Crippen LogP contribution in [-0.4, -0.2) is 33.5 Å². The van der Waals surface area contributed by atoms with Gasteiger partial charge in [0.1, 0.15) is 0 Å². The van der Waals surface area contributed by atoms with E-state index in [2.05, 4.69) is 13.8 Å². The first kappa shape index (κ1) is 18.7. The third-order valence-corrected chi connectivity index (χ3v) is 15.2. The zero-order valence-corrected chi connectivity index (χ0v) is 17.0. The summed E-state index contributed by atoms with van der Waals surface area (Å²) in [6.07, 6.45) is 2.37. The summed E-state index contributed by atoms with van der Waals surface area (Å²) in [6, 6.07) is 8.34. The van der Waals surface area contributed by atoms with Crippen molar-refractivity contribution >= 4 is 28.1 Å². The molecule has 2 saturated carbocycles. The summed E-state index contributed by atoms with van der Waals surface area (Å²) >= 11 is -4.05. The fourth-order valence-corrected chi connectivity index (χ4v) is 15.1. The van der Waals surface area contributed by atoms with Gasteiger partial charge in [0, 0.05) is 0 Å². The van der Waals surface area contributed by atoms with Crippen molar-refractivity contribution < 1.29 is 28.7 Å². The summed E-state index contributed by atoms with van der Waals surface area (Å²) in [5, 5.41) is 0.261. The standard InChI is InChI=1S/C17H21F3O4SSe/c1-15(2)12-8-9-16(15)11-26(23-14(16)10-12,13-6-4-3-5-7-13)24-25(21,22)17(18,19)20/h3-7,12,14H,8-11H2,1-2H3. The van der Waals surface area contributed by atoms with Crippen LogP contribution in [0.2, 0.25) is 5.32 Å². The molecule has 0 aromatic heterocycles. The Morgan fingerprint density at radius 1 is 1.23 bits per heavy atom. The second-order valence-electron chi connectivity index (χ2n) is 7.97. The molecule has 1 saturated heterocycles. The van der Waals surface area contributed by atoms with E-state index >= 15 is 0 Å². The predicted octanol–water partition coefficient (Wildman–Crippen LogP) is 3.43. The number of fused-ring (bicyclic) bond motifs is 1. The number of alkyl halides is 3. The van der Waals surface area contributed by atoms with Crippen LogP contribution in [-0.2, 0) is 17.2 Å². The van der Waals surface area contributed by atoms with Crippen molar-refractivity contribution in [2.24, 2.45) is 16.7 Å². The van der Waals surface area contributed by atoms with Crippen molar-refractivity contribution in [3.05, 3.63) is 30.3 Å². The van der Waals surface area contributed by atoms with E-state index in [0.29, 0.717) is 10.4 Å². The van der Waals surface area contributed by atoms with Gasteiger partial charge in [-0.15, -0.1) is 0 Å². The van der Waals surface area contributed by atoms with Crippen molar-refractivity contribution in [3.8, 4) is 0 Å². The van der Waals surface area contributed by atoms with Crippen LogP contribution in [0.4, 0.5) is 13.2 Å².